The Balaban J connectivity index is 2.17. The van der Waals surface area contributed by atoms with Crippen molar-refractivity contribution in [3.8, 4) is 0 Å². The van der Waals surface area contributed by atoms with E-state index in [1.165, 1.54) is 11.6 Å². The molecule has 0 saturated heterocycles. The fraction of sp³-hybridized carbons (Fsp3) is 0.231. The van der Waals surface area contributed by atoms with Crippen molar-refractivity contribution in [1.82, 2.24) is 5.32 Å². The molecule has 1 atom stereocenters. The summed E-state index contributed by atoms with van der Waals surface area (Å²) in [6.07, 6.45) is 0.680. The van der Waals surface area contributed by atoms with Crippen molar-refractivity contribution in [3.05, 3.63) is 58.0 Å². The Morgan fingerprint density at radius 3 is 2.75 bits per heavy atom. The van der Waals surface area contributed by atoms with Gasteiger partial charge < -0.3 is 5.32 Å². The Morgan fingerprint density at radius 2 is 2.12 bits per heavy atom. The third-order valence-corrected chi connectivity index (χ3v) is 3.38. The molecule has 84 valence electrons. The summed E-state index contributed by atoms with van der Waals surface area (Å²) < 4.78 is 13.5. The van der Waals surface area contributed by atoms with Crippen LogP contribution >= 0.6 is 11.3 Å². The zero-order valence-corrected chi connectivity index (χ0v) is 9.93. The van der Waals surface area contributed by atoms with Crippen LogP contribution < -0.4 is 5.32 Å². The standard InChI is InChI=1S/C13H14FNS/c1-15-13(11-6-7-16-9-11)8-10-4-2-3-5-12(10)14/h2-7,9,13,15H,8H2,1H3. The van der Waals surface area contributed by atoms with Crippen molar-refractivity contribution in [1.29, 1.82) is 0 Å². The van der Waals surface area contributed by atoms with Gasteiger partial charge in [0.1, 0.15) is 5.82 Å². The molecule has 1 aromatic heterocycles. The van der Waals surface area contributed by atoms with Gasteiger partial charge in [-0.25, -0.2) is 4.39 Å². The molecule has 0 saturated carbocycles. The number of nitrogens with one attached hydrogen (secondary N) is 1. The van der Waals surface area contributed by atoms with E-state index in [9.17, 15) is 4.39 Å². The fourth-order valence-corrected chi connectivity index (χ4v) is 2.46. The van der Waals surface area contributed by atoms with Gasteiger partial charge in [-0.2, -0.15) is 11.3 Å². The van der Waals surface area contributed by atoms with Gasteiger partial charge in [0.2, 0.25) is 0 Å². The molecule has 0 aliphatic rings. The second-order valence-corrected chi connectivity index (χ2v) is 4.47. The first kappa shape index (κ1) is 11.3. The maximum absolute atomic E-state index is 13.5. The van der Waals surface area contributed by atoms with Crippen LogP contribution in [0.2, 0.25) is 0 Å². The van der Waals surface area contributed by atoms with Gasteiger partial charge in [0.25, 0.3) is 0 Å². The molecule has 3 heteroatoms. The van der Waals surface area contributed by atoms with Crippen LogP contribution in [0.1, 0.15) is 17.2 Å². The summed E-state index contributed by atoms with van der Waals surface area (Å²) in [6.45, 7) is 0. The second kappa shape index (κ2) is 5.23. The lowest BCUT2D eigenvalue weighted by atomic mass is 10.0. The predicted molar refractivity (Wildman–Crippen MR) is 66.2 cm³/mol. The van der Waals surface area contributed by atoms with Crippen molar-refractivity contribution in [3.63, 3.8) is 0 Å². The van der Waals surface area contributed by atoms with Gasteiger partial charge in [-0.05, 0) is 47.5 Å². The maximum Gasteiger partial charge on any atom is 0.126 e. The van der Waals surface area contributed by atoms with Crippen LogP contribution in [0.3, 0.4) is 0 Å². The van der Waals surface area contributed by atoms with E-state index in [1.54, 1.807) is 17.4 Å². The first-order chi connectivity index (χ1) is 7.81. The molecular formula is C13H14FNS. The number of halogens is 1. The molecule has 1 nitrogen and oxygen atoms in total. The molecule has 0 spiro atoms. The van der Waals surface area contributed by atoms with E-state index in [0.29, 0.717) is 6.42 Å². The molecule has 1 heterocycles. The highest BCUT2D eigenvalue weighted by atomic mass is 32.1. The average Bonchev–Trinajstić information content (AvgIpc) is 2.81. The van der Waals surface area contributed by atoms with Gasteiger partial charge in [0, 0.05) is 6.04 Å². The van der Waals surface area contributed by atoms with Gasteiger partial charge >= 0.3 is 0 Å². The van der Waals surface area contributed by atoms with Crippen molar-refractivity contribution >= 4 is 11.3 Å². The highest BCUT2D eigenvalue weighted by molar-refractivity contribution is 7.07. The normalized spacial score (nSPS) is 12.6. The molecule has 0 radical (unpaired) electrons. The number of rotatable bonds is 4. The highest BCUT2D eigenvalue weighted by Crippen LogP contribution is 2.21. The molecule has 1 N–H and O–H groups in total. The van der Waals surface area contributed by atoms with E-state index in [0.717, 1.165) is 5.56 Å². The number of thiophene rings is 1. The molecule has 0 bridgehead atoms. The zero-order chi connectivity index (χ0) is 11.4. The molecule has 0 aliphatic carbocycles. The molecule has 1 aromatic carbocycles. The summed E-state index contributed by atoms with van der Waals surface area (Å²) >= 11 is 1.66. The molecule has 16 heavy (non-hydrogen) atoms. The lowest BCUT2D eigenvalue weighted by Gasteiger charge is -2.15. The van der Waals surface area contributed by atoms with Crippen LogP contribution in [0.25, 0.3) is 0 Å². The predicted octanol–water partition coefficient (Wildman–Crippen LogP) is 3.39. The first-order valence-corrected chi connectivity index (χ1v) is 6.18. The average molecular weight is 235 g/mol. The van der Waals surface area contributed by atoms with Crippen LogP contribution in [0.15, 0.2) is 41.1 Å². The summed E-state index contributed by atoms with van der Waals surface area (Å²) in [4.78, 5) is 0. The zero-order valence-electron chi connectivity index (χ0n) is 9.11. The van der Waals surface area contributed by atoms with Crippen LogP contribution in [0.5, 0.6) is 0 Å². The molecule has 0 amide bonds. The summed E-state index contributed by atoms with van der Waals surface area (Å²) in [5.74, 6) is -0.127. The summed E-state index contributed by atoms with van der Waals surface area (Å²) in [5.41, 5.74) is 1.98. The molecule has 1 unspecified atom stereocenters. The molecule has 0 fully saturated rings. The Hall–Kier alpha value is -1.19. The van der Waals surface area contributed by atoms with Crippen LogP contribution in [0.4, 0.5) is 4.39 Å². The molecule has 0 aliphatic heterocycles. The number of hydrogen-bond acceptors (Lipinski definition) is 2. The quantitative estimate of drug-likeness (QED) is 0.856. The highest BCUT2D eigenvalue weighted by Gasteiger charge is 2.12. The van der Waals surface area contributed by atoms with E-state index >= 15 is 0 Å². The van der Waals surface area contributed by atoms with E-state index < -0.39 is 0 Å². The minimum Gasteiger partial charge on any atom is -0.313 e. The maximum atomic E-state index is 13.5. The van der Waals surface area contributed by atoms with E-state index in [2.05, 4.69) is 16.8 Å². The van der Waals surface area contributed by atoms with Gasteiger partial charge in [0.15, 0.2) is 0 Å². The Labute approximate surface area is 98.9 Å². The van der Waals surface area contributed by atoms with Crippen LogP contribution in [0, 0.1) is 5.82 Å². The molecule has 2 rings (SSSR count). The third-order valence-electron chi connectivity index (χ3n) is 2.68. The van der Waals surface area contributed by atoms with Gasteiger partial charge in [-0.1, -0.05) is 18.2 Å². The Bertz CT molecular complexity index is 439. The summed E-state index contributed by atoms with van der Waals surface area (Å²) in [7, 11) is 1.91. The van der Waals surface area contributed by atoms with Crippen LogP contribution in [-0.2, 0) is 6.42 Å². The van der Waals surface area contributed by atoms with E-state index in [4.69, 9.17) is 0 Å². The summed E-state index contributed by atoms with van der Waals surface area (Å²) in [5, 5.41) is 7.36. The number of likely N-dealkylation sites (N-methyl/N-ethyl adjacent to an activating group) is 1. The second-order valence-electron chi connectivity index (χ2n) is 3.69. The van der Waals surface area contributed by atoms with Gasteiger partial charge in [-0.15, -0.1) is 0 Å². The largest absolute Gasteiger partial charge is 0.313 e. The lowest BCUT2D eigenvalue weighted by molar-refractivity contribution is 0.555. The minimum absolute atomic E-state index is 0.127. The van der Waals surface area contributed by atoms with Crippen molar-refractivity contribution < 1.29 is 4.39 Å². The monoisotopic (exact) mass is 235 g/mol. The number of hydrogen-bond donors (Lipinski definition) is 1. The third kappa shape index (κ3) is 2.49. The lowest BCUT2D eigenvalue weighted by Crippen LogP contribution is -2.18. The Morgan fingerprint density at radius 1 is 1.31 bits per heavy atom. The molecule has 2 aromatic rings. The van der Waals surface area contributed by atoms with Crippen molar-refractivity contribution in [2.24, 2.45) is 0 Å². The summed E-state index contributed by atoms with van der Waals surface area (Å²) in [6, 6.07) is 9.20. The topological polar surface area (TPSA) is 12.0 Å². The number of benzene rings is 1. The van der Waals surface area contributed by atoms with Crippen LogP contribution in [-0.4, -0.2) is 7.05 Å². The van der Waals surface area contributed by atoms with E-state index in [1.807, 2.05) is 24.6 Å². The molecular weight excluding hydrogens is 221 g/mol. The van der Waals surface area contributed by atoms with Crippen molar-refractivity contribution in [2.75, 3.05) is 7.05 Å². The van der Waals surface area contributed by atoms with E-state index in [-0.39, 0.29) is 11.9 Å². The van der Waals surface area contributed by atoms with Gasteiger partial charge in [-0.3, -0.25) is 0 Å². The van der Waals surface area contributed by atoms with Gasteiger partial charge in [0.05, 0.1) is 0 Å². The SMILES string of the molecule is CNC(Cc1ccccc1F)c1ccsc1. The smallest absolute Gasteiger partial charge is 0.126 e. The minimum atomic E-state index is -0.127. The Kier molecular flexibility index (Phi) is 3.70. The first-order valence-electron chi connectivity index (χ1n) is 5.24. The van der Waals surface area contributed by atoms with Crippen molar-refractivity contribution in [2.45, 2.75) is 12.5 Å². The fourth-order valence-electron chi connectivity index (χ4n) is 1.74.